The Morgan fingerprint density at radius 3 is 2.46 bits per heavy atom. The van der Waals surface area contributed by atoms with Gasteiger partial charge in [0.25, 0.3) is 0 Å². The minimum Gasteiger partial charge on any atom is -0.460 e. The quantitative estimate of drug-likeness (QED) is 0.375. The van der Waals surface area contributed by atoms with Crippen LogP contribution in [0.1, 0.15) is 5.76 Å². The molecule has 0 aliphatic rings. The molecule has 4 heteroatoms. The van der Waals surface area contributed by atoms with Gasteiger partial charge in [0.05, 0.1) is 3.57 Å². The number of furan rings is 1. The molecule has 0 spiro atoms. The molecule has 0 atom stereocenters. The maximum atomic E-state index is 5.62. The molecule has 0 aliphatic heterocycles. The maximum absolute atomic E-state index is 5.62. The molecule has 0 aliphatic carbocycles. The molecule has 0 bridgehead atoms. The van der Waals surface area contributed by atoms with E-state index in [0.29, 0.717) is 0 Å². The first kappa shape index (κ1) is 10.5. The Morgan fingerprint density at radius 1 is 1.08 bits per heavy atom. The Balaban J connectivity index is 2.92. The average Bonchev–Trinajstić information content (AvgIpc) is 2.42. The standard InChI is InChI=1S/C9H5I3O/c1-4-2-5-3-6(10)7(11)8(12)9(5)13-4/h2-3H,1H3. The highest BCUT2D eigenvalue weighted by Crippen LogP contribution is 2.31. The lowest BCUT2D eigenvalue weighted by atomic mass is 10.2. The normalized spacial score (nSPS) is 11.1. The smallest absolute Gasteiger partial charge is 0.148 e. The average molecular weight is 510 g/mol. The molecule has 2 aromatic rings. The first-order valence-corrected chi connectivity index (χ1v) is 6.87. The van der Waals surface area contributed by atoms with E-state index in [2.05, 4.69) is 79.9 Å². The van der Waals surface area contributed by atoms with Crippen LogP contribution in [0.3, 0.4) is 0 Å². The van der Waals surface area contributed by atoms with Gasteiger partial charge in [0.1, 0.15) is 11.3 Å². The van der Waals surface area contributed by atoms with E-state index in [4.69, 9.17) is 4.42 Å². The fourth-order valence-corrected chi connectivity index (χ4v) is 3.45. The van der Waals surface area contributed by atoms with Crippen molar-refractivity contribution in [3.63, 3.8) is 0 Å². The van der Waals surface area contributed by atoms with Crippen molar-refractivity contribution in [2.24, 2.45) is 0 Å². The summed E-state index contributed by atoms with van der Waals surface area (Å²) in [4.78, 5) is 0. The summed E-state index contributed by atoms with van der Waals surface area (Å²) in [7, 11) is 0. The van der Waals surface area contributed by atoms with Gasteiger partial charge in [-0.1, -0.05) is 0 Å². The molecule has 68 valence electrons. The van der Waals surface area contributed by atoms with Crippen LogP contribution in [0.4, 0.5) is 0 Å². The zero-order valence-electron chi connectivity index (χ0n) is 6.70. The first-order chi connectivity index (χ1) is 6.09. The second kappa shape index (κ2) is 3.84. The Labute approximate surface area is 117 Å². The van der Waals surface area contributed by atoms with Crippen molar-refractivity contribution in [1.29, 1.82) is 0 Å². The highest BCUT2D eigenvalue weighted by Gasteiger charge is 2.10. The summed E-state index contributed by atoms with van der Waals surface area (Å²) in [6.07, 6.45) is 0. The third-order valence-electron chi connectivity index (χ3n) is 1.77. The predicted molar refractivity (Wildman–Crippen MR) is 79.1 cm³/mol. The Morgan fingerprint density at radius 2 is 1.77 bits per heavy atom. The highest BCUT2D eigenvalue weighted by molar-refractivity contribution is 14.1. The van der Waals surface area contributed by atoms with Crippen LogP contribution in [-0.4, -0.2) is 0 Å². The third kappa shape index (κ3) is 1.85. The maximum Gasteiger partial charge on any atom is 0.148 e. The van der Waals surface area contributed by atoms with Crippen molar-refractivity contribution >= 4 is 78.7 Å². The summed E-state index contributed by atoms with van der Waals surface area (Å²) in [6.45, 7) is 1.98. The number of benzene rings is 1. The Bertz CT molecular complexity index is 473. The summed E-state index contributed by atoms with van der Waals surface area (Å²) in [5, 5.41) is 1.20. The third-order valence-corrected chi connectivity index (χ3v) is 6.83. The van der Waals surface area contributed by atoms with Crippen LogP contribution in [0.5, 0.6) is 0 Å². The highest BCUT2D eigenvalue weighted by atomic mass is 127. The van der Waals surface area contributed by atoms with Gasteiger partial charge in [0, 0.05) is 12.5 Å². The minimum atomic E-state index is 0.978. The van der Waals surface area contributed by atoms with Crippen molar-refractivity contribution in [3.8, 4) is 0 Å². The van der Waals surface area contributed by atoms with Gasteiger partial charge in [0.2, 0.25) is 0 Å². The van der Waals surface area contributed by atoms with E-state index in [-0.39, 0.29) is 0 Å². The van der Waals surface area contributed by atoms with Crippen LogP contribution in [0, 0.1) is 17.6 Å². The van der Waals surface area contributed by atoms with E-state index < -0.39 is 0 Å². The summed E-state index contributed by atoms with van der Waals surface area (Å²) in [6, 6.07) is 4.24. The van der Waals surface area contributed by atoms with Gasteiger partial charge >= 0.3 is 0 Å². The molecular weight excluding hydrogens is 505 g/mol. The lowest BCUT2D eigenvalue weighted by Crippen LogP contribution is -1.84. The molecule has 0 fully saturated rings. The number of hydrogen-bond donors (Lipinski definition) is 0. The van der Waals surface area contributed by atoms with Crippen LogP contribution in [0.2, 0.25) is 0 Å². The molecule has 1 heterocycles. The van der Waals surface area contributed by atoms with E-state index in [0.717, 1.165) is 11.3 Å². The topological polar surface area (TPSA) is 13.1 Å². The lowest BCUT2D eigenvalue weighted by Gasteiger charge is -1.99. The molecule has 1 aromatic heterocycles. The first-order valence-electron chi connectivity index (χ1n) is 3.63. The molecule has 0 N–H and O–H groups in total. The molecule has 0 amide bonds. The monoisotopic (exact) mass is 510 g/mol. The van der Waals surface area contributed by atoms with Crippen molar-refractivity contribution in [1.82, 2.24) is 0 Å². The molecule has 1 aromatic carbocycles. The minimum absolute atomic E-state index is 0.978. The second-order valence-electron chi connectivity index (χ2n) is 2.76. The summed E-state index contributed by atoms with van der Waals surface area (Å²) in [5.41, 5.74) is 1.02. The van der Waals surface area contributed by atoms with Crippen LogP contribution in [0.25, 0.3) is 11.0 Å². The fourth-order valence-electron chi connectivity index (χ4n) is 1.22. The predicted octanol–water partition coefficient (Wildman–Crippen LogP) is 4.56. The lowest BCUT2D eigenvalue weighted by molar-refractivity contribution is 0.576. The van der Waals surface area contributed by atoms with Gasteiger partial charge in [-0.25, -0.2) is 0 Å². The van der Waals surface area contributed by atoms with Gasteiger partial charge in [-0.2, -0.15) is 0 Å². The summed E-state index contributed by atoms with van der Waals surface area (Å²) in [5.74, 6) is 0.978. The summed E-state index contributed by atoms with van der Waals surface area (Å²) >= 11 is 7.04. The SMILES string of the molecule is Cc1cc2cc(I)c(I)c(I)c2o1. The van der Waals surface area contributed by atoms with Crippen molar-refractivity contribution in [2.45, 2.75) is 6.92 Å². The van der Waals surface area contributed by atoms with Crippen LogP contribution in [0.15, 0.2) is 16.5 Å². The van der Waals surface area contributed by atoms with Gasteiger partial charge in [-0.15, -0.1) is 0 Å². The molecule has 0 saturated heterocycles. The van der Waals surface area contributed by atoms with E-state index in [9.17, 15) is 0 Å². The molecule has 0 radical (unpaired) electrons. The molecule has 0 saturated carbocycles. The Hall–Kier alpha value is 0.950. The van der Waals surface area contributed by atoms with Gasteiger partial charge in [-0.3, -0.25) is 0 Å². The largest absolute Gasteiger partial charge is 0.460 e. The number of hydrogen-bond acceptors (Lipinski definition) is 1. The molecular formula is C9H5I3O. The number of aryl methyl sites for hydroxylation is 1. The molecule has 0 unspecified atom stereocenters. The molecule has 13 heavy (non-hydrogen) atoms. The van der Waals surface area contributed by atoms with E-state index >= 15 is 0 Å². The van der Waals surface area contributed by atoms with E-state index in [1.165, 1.54) is 16.1 Å². The molecule has 2 rings (SSSR count). The van der Waals surface area contributed by atoms with Crippen molar-refractivity contribution in [2.75, 3.05) is 0 Å². The summed E-state index contributed by atoms with van der Waals surface area (Å²) < 4.78 is 9.40. The zero-order valence-corrected chi connectivity index (χ0v) is 13.2. The van der Waals surface area contributed by atoms with Crippen molar-refractivity contribution < 1.29 is 4.42 Å². The van der Waals surface area contributed by atoms with E-state index in [1.54, 1.807) is 0 Å². The zero-order chi connectivity index (χ0) is 9.59. The van der Waals surface area contributed by atoms with Crippen LogP contribution in [-0.2, 0) is 0 Å². The fraction of sp³-hybridized carbons (Fsp3) is 0.111. The van der Waals surface area contributed by atoms with Crippen molar-refractivity contribution in [3.05, 3.63) is 28.6 Å². The number of halogens is 3. The molecule has 1 nitrogen and oxygen atoms in total. The van der Waals surface area contributed by atoms with Gasteiger partial charge in [0.15, 0.2) is 0 Å². The van der Waals surface area contributed by atoms with Gasteiger partial charge < -0.3 is 4.42 Å². The number of fused-ring (bicyclic) bond motifs is 1. The van der Waals surface area contributed by atoms with E-state index in [1.807, 2.05) is 6.92 Å². The Kier molecular flexibility index (Phi) is 3.09. The van der Waals surface area contributed by atoms with Crippen LogP contribution < -0.4 is 0 Å². The van der Waals surface area contributed by atoms with Crippen LogP contribution >= 0.6 is 67.8 Å². The second-order valence-corrected chi connectivity index (χ2v) is 6.08. The van der Waals surface area contributed by atoms with Gasteiger partial charge in [-0.05, 0) is 86.8 Å². The number of rotatable bonds is 0.